The summed E-state index contributed by atoms with van der Waals surface area (Å²) in [5.74, 6) is 0.445. The fourth-order valence-electron chi connectivity index (χ4n) is 4.76. The van der Waals surface area contributed by atoms with E-state index >= 15 is 0 Å². The molecule has 2 aliphatic heterocycles. The average Bonchev–Trinajstić information content (AvgIpc) is 2.77. The molecule has 2 aliphatic rings. The van der Waals surface area contributed by atoms with E-state index in [2.05, 4.69) is 28.6 Å². The van der Waals surface area contributed by atoms with Crippen LogP contribution >= 0.6 is 0 Å². The predicted octanol–water partition coefficient (Wildman–Crippen LogP) is 3.67. The van der Waals surface area contributed by atoms with Crippen LogP contribution in [0.2, 0.25) is 0 Å². The molecule has 0 unspecified atom stereocenters. The van der Waals surface area contributed by atoms with Crippen LogP contribution in [0.5, 0.6) is 0 Å². The summed E-state index contributed by atoms with van der Waals surface area (Å²) in [5.41, 5.74) is -1.31. The van der Waals surface area contributed by atoms with E-state index in [4.69, 9.17) is 4.74 Å². The average molecular weight is 457 g/mol. The van der Waals surface area contributed by atoms with Crippen LogP contribution in [0.3, 0.4) is 0 Å². The fourth-order valence-corrected chi connectivity index (χ4v) is 4.76. The number of pyridine rings is 1. The van der Waals surface area contributed by atoms with Crippen molar-refractivity contribution in [3.63, 3.8) is 0 Å². The largest absolute Gasteiger partial charge is 0.433 e. The van der Waals surface area contributed by atoms with Crippen molar-refractivity contribution in [2.75, 3.05) is 57.4 Å². The van der Waals surface area contributed by atoms with Gasteiger partial charge in [-0.1, -0.05) is 26.8 Å². The second kappa shape index (κ2) is 10.5. The van der Waals surface area contributed by atoms with Gasteiger partial charge in [0.2, 0.25) is 5.91 Å². The Balaban J connectivity index is 1.86. The van der Waals surface area contributed by atoms with E-state index in [0.717, 1.165) is 51.6 Å². The number of hydrogen-bond donors (Lipinski definition) is 0. The molecule has 0 atom stereocenters. The van der Waals surface area contributed by atoms with E-state index in [-0.39, 0.29) is 23.7 Å². The molecule has 1 amide bonds. The third-order valence-electron chi connectivity index (χ3n) is 6.45. The van der Waals surface area contributed by atoms with Crippen LogP contribution in [-0.4, -0.2) is 78.7 Å². The van der Waals surface area contributed by atoms with Crippen molar-refractivity contribution in [3.05, 3.63) is 23.9 Å². The maximum atomic E-state index is 13.3. The Kier molecular flexibility index (Phi) is 8.16. The summed E-state index contributed by atoms with van der Waals surface area (Å²) in [6.45, 7) is 12.3. The number of rotatable bonds is 7. The quantitative estimate of drug-likeness (QED) is 0.627. The third kappa shape index (κ3) is 5.99. The van der Waals surface area contributed by atoms with Crippen LogP contribution in [-0.2, 0) is 15.7 Å². The smallest absolute Gasteiger partial charge is 0.381 e. The molecule has 2 saturated heterocycles. The van der Waals surface area contributed by atoms with E-state index in [0.29, 0.717) is 25.7 Å². The molecule has 180 valence electrons. The molecule has 3 heterocycles. The number of ether oxygens (including phenoxy) is 1. The summed E-state index contributed by atoms with van der Waals surface area (Å²) in [5, 5.41) is 0. The highest BCUT2D eigenvalue weighted by Crippen LogP contribution is 2.33. The Morgan fingerprint density at radius 2 is 1.84 bits per heavy atom. The molecule has 0 radical (unpaired) electrons. The van der Waals surface area contributed by atoms with Crippen molar-refractivity contribution in [3.8, 4) is 0 Å². The molecule has 9 heteroatoms. The summed E-state index contributed by atoms with van der Waals surface area (Å²) in [6.07, 6.45) is -2.88. The van der Waals surface area contributed by atoms with Gasteiger partial charge in [-0.05, 0) is 30.9 Å². The molecule has 1 aromatic heterocycles. The molecule has 0 aromatic carbocycles. The van der Waals surface area contributed by atoms with Crippen LogP contribution in [0.25, 0.3) is 0 Å². The number of piperazine rings is 1. The zero-order valence-electron chi connectivity index (χ0n) is 19.3. The van der Waals surface area contributed by atoms with Gasteiger partial charge in [-0.25, -0.2) is 4.98 Å². The first-order valence-electron chi connectivity index (χ1n) is 11.5. The standard InChI is InChI=1S/C23H35F3N4O2/c1-4-21(31)30(20-7-5-6-19(27-20)23(24,25)26)17-22(8-14-32-15-9-22)29-12-10-28(11-13-29)16-18(2)3/h5-7,18H,4,8-17H2,1-3H3. The zero-order chi connectivity index (χ0) is 23.4. The number of hydrogen-bond acceptors (Lipinski definition) is 5. The van der Waals surface area contributed by atoms with Gasteiger partial charge in [-0.15, -0.1) is 0 Å². The van der Waals surface area contributed by atoms with Crippen LogP contribution in [0, 0.1) is 5.92 Å². The first kappa shape index (κ1) is 24.9. The Morgan fingerprint density at radius 3 is 2.41 bits per heavy atom. The maximum Gasteiger partial charge on any atom is 0.433 e. The Labute approximate surface area is 188 Å². The number of nitrogens with zero attached hydrogens (tertiary/aromatic N) is 4. The molecule has 0 spiro atoms. The SMILES string of the molecule is CCC(=O)N(CC1(N2CCN(CC(C)C)CC2)CCOCC1)c1cccc(C(F)(F)F)n1. The normalized spacial score (nSPS) is 20.5. The summed E-state index contributed by atoms with van der Waals surface area (Å²) >= 11 is 0. The van der Waals surface area contributed by atoms with Crippen molar-refractivity contribution in [1.29, 1.82) is 0 Å². The molecule has 0 saturated carbocycles. The van der Waals surface area contributed by atoms with E-state index in [1.165, 1.54) is 17.0 Å². The number of amides is 1. The summed E-state index contributed by atoms with van der Waals surface area (Å²) in [4.78, 5) is 23.1. The van der Waals surface area contributed by atoms with Gasteiger partial charge in [-0.2, -0.15) is 13.2 Å². The van der Waals surface area contributed by atoms with Gasteiger partial charge < -0.3 is 9.64 Å². The molecule has 6 nitrogen and oxygen atoms in total. The number of anilines is 1. The number of carbonyl (C=O) groups is 1. The number of halogens is 3. The van der Waals surface area contributed by atoms with Crippen LogP contribution in [0.4, 0.5) is 19.0 Å². The van der Waals surface area contributed by atoms with Gasteiger partial charge in [0.15, 0.2) is 0 Å². The van der Waals surface area contributed by atoms with E-state index in [9.17, 15) is 18.0 Å². The fraction of sp³-hybridized carbons (Fsp3) is 0.739. The molecule has 1 aromatic rings. The van der Waals surface area contributed by atoms with E-state index < -0.39 is 11.9 Å². The summed E-state index contributed by atoms with van der Waals surface area (Å²) in [7, 11) is 0. The highest BCUT2D eigenvalue weighted by molar-refractivity contribution is 5.92. The van der Waals surface area contributed by atoms with Crippen molar-refractivity contribution >= 4 is 11.7 Å². The van der Waals surface area contributed by atoms with Crippen molar-refractivity contribution in [1.82, 2.24) is 14.8 Å². The Bertz CT molecular complexity index is 758. The second-order valence-electron chi connectivity index (χ2n) is 9.23. The minimum Gasteiger partial charge on any atom is -0.381 e. The van der Waals surface area contributed by atoms with Crippen molar-refractivity contribution in [2.45, 2.75) is 51.7 Å². The lowest BCUT2D eigenvalue weighted by molar-refractivity contribution is -0.141. The number of carbonyl (C=O) groups excluding carboxylic acids is 1. The second-order valence-corrected chi connectivity index (χ2v) is 9.23. The first-order valence-corrected chi connectivity index (χ1v) is 11.5. The van der Waals surface area contributed by atoms with E-state index in [1.807, 2.05) is 0 Å². The van der Waals surface area contributed by atoms with Gasteiger partial charge in [0, 0.05) is 64.4 Å². The lowest BCUT2D eigenvalue weighted by Gasteiger charge is -2.51. The van der Waals surface area contributed by atoms with Gasteiger partial charge in [-0.3, -0.25) is 14.6 Å². The zero-order valence-corrected chi connectivity index (χ0v) is 19.3. The number of alkyl halides is 3. The van der Waals surface area contributed by atoms with Crippen molar-refractivity contribution < 1.29 is 22.7 Å². The predicted molar refractivity (Wildman–Crippen MR) is 118 cm³/mol. The maximum absolute atomic E-state index is 13.3. The molecule has 0 N–H and O–H groups in total. The van der Waals surface area contributed by atoms with Gasteiger partial charge in [0.1, 0.15) is 11.5 Å². The molecular weight excluding hydrogens is 421 g/mol. The molecule has 3 rings (SSSR count). The third-order valence-corrected chi connectivity index (χ3v) is 6.45. The first-order chi connectivity index (χ1) is 15.1. The minimum atomic E-state index is -4.56. The topological polar surface area (TPSA) is 48.9 Å². The van der Waals surface area contributed by atoms with Crippen LogP contribution in [0.1, 0.15) is 45.7 Å². The molecule has 2 fully saturated rings. The van der Waals surface area contributed by atoms with E-state index in [1.54, 1.807) is 6.92 Å². The van der Waals surface area contributed by atoms with Crippen LogP contribution in [0.15, 0.2) is 18.2 Å². The van der Waals surface area contributed by atoms with Crippen molar-refractivity contribution in [2.24, 2.45) is 5.92 Å². The molecular formula is C23H35F3N4O2. The lowest BCUT2D eigenvalue weighted by Crippen LogP contribution is -2.63. The van der Waals surface area contributed by atoms with Gasteiger partial charge >= 0.3 is 6.18 Å². The molecule has 0 bridgehead atoms. The monoisotopic (exact) mass is 456 g/mol. The summed E-state index contributed by atoms with van der Waals surface area (Å²) < 4.78 is 45.4. The van der Waals surface area contributed by atoms with Crippen LogP contribution < -0.4 is 4.90 Å². The minimum absolute atomic E-state index is 0.0657. The molecule has 0 aliphatic carbocycles. The van der Waals surface area contributed by atoms with Gasteiger partial charge in [0.05, 0.1) is 0 Å². The summed E-state index contributed by atoms with van der Waals surface area (Å²) in [6, 6.07) is 3.76. The Hall–Kier alpha value is -1.71. The van der Waals surface area contributed by atoms with Gasteiger partial charge in [0.25, 0.3) is 0 Å². The molecule has 32 heavy (non-hydrogen) atoms. The Morgan fingerprint density at radius 1 is 1.19 bits per heavy atom. The lowest BCUT2D eigenvalue weighted by atomic mass is 9.86. The highest BCUT2D eigenvalue weighted by Gasteiger charge is 2.43. The highest BCUT2D eigenvalue weighted by atomic mass is 19.4. The number of aromatic nitrogens is 1.